The maximum atomic E-state index is 12.5. The fourth-order valence-electron chi connectivity index (χ4n) is 5.35. The smallest absolute Gasteiger partial charge is 0.231 e. The molecule has 1 amide bonds. The number of hydrogen-bond acceptors (Lipinski definition) is 4. The first kappa shape index (κ1) is 15.5. The minimum absolute atomic E-state index is 0.324. The van der Waals surface area contributed by atoms with Crippen LogP contribution in [0.15, 0.2) is 12.1 Å². The molecule has 0 radical (unpaired) electrons. The van der Waals surface area contributed by atoms with Gasteiger partial charge >= 0.3 is 0 Å². The van der Waals surface area contributed by atoms with Crippen molar-refractivity contribution >= 4 is 5.91 Å². The monoisotopic (exact) mass is 342 g/mol. The predicted octanol–water partition coefficient (Wildman–Crippen LogP) is 2.74. The molecule has 0 bridgehead atoms. The lowest BCUT2D eigenvalue weighted by Crippen LogP contribution is -2.57. The number of hydrogen-bond donors (Lipinski definition) is 0. The van der Waals surface area contributed by atoms with Crippen LogP contribution in [0.1, 0.15) is 49.8 Å². The highest BCUT2D eigenvalue weighted by molar-refractivity contribution is 5.76. The number of rotatable bonds is 1. The molecule has 25 heavy (non-hydrogen) atoms. The molecule has 3 unspecified atom stereocenters. The number of likely N-dealkylation sites (tertiary alicyclic amines) is 1. The number of amides is 1. The van der Waals surface area contributed by atoms with Crippen molar-refractivity contribution in [2.45, 2.75) is 51.1 Å². The zero-order chi connectivity index (χ0) is 17.0. The molecule has 5 heteroatoms. The summed E-state index contributed by atoms with van der Waals surface area (Å²) in [6.07, 6.45) is 5.17. The summed E-state index contributed by atoms with van der Waals surface area (Å²) < 4.78 is 11.2. The van der Waals surface area contributed by atoms with Crippen LogP contribution in [-0.4, -0.2) is 48.2 Å². The number of fused-ring (bicyclic) bond motifs is 5. The Kier molecular flexibility index (Phi) is 3.66. The Balaban J connectivity index is 1.48. The van der Waals surface area contributed by atoms with Crippen LogP contribution in [0.4, 0.5) is 0 Å². The molecule has 0 aromatic heterocycles. The zero-order valence-corrected chi connectivity index (χ0v) is 14.9. The molecule has 5 rings (SSSR count). The van der Waals surface area contributed by atoms with Crippen molar-refractivity contribution in [1.82, 2.24) is 9.80 Å². The second kappa shape index (κ2) is 5.90. The Bertz CT molecular complexity index is 704. The lowest BCUT2D eigenvalue weighted by Gasteiger charge is -2.52. The second-order valence-corrected chi connectivity index (χ2v) is 7.81. The largest absolute Gasteiger partial charge is 0.454 e. The van der Waals surface area contributed by atoms with Crippen molar-refractivity contribution in [3.8, 4) is 11.5 Å². The van der Waals surface area contributed by atoms with E-state index in [1.807, 2.05) is 6.92 Å². The number of benzene rings is 1. The molecule has 1 aromatic carbocycles. The van der Waals surface area contributed by atoms with Crippen LogP contribution in [0.25, 0.3) is 0 Å². The minimum atomic E-state index is 0.324. The van der Waals surface area contributed by atoms with Crippen molar-refractivity contribution in [2.75, 3.05) is 26.4 Å². The SMILES string of the molecule is CCC(=O)N1CCCC2CN3CCc4cc5c(cc4C3CC21)OCO5. The summed E-state index contributed by atoms with van der Waals surface area (Å²) in [7, 11) is 0. The van der Waals surface area contributed by atoms with Gasteiger partial charge in [0.25, 0.3) is 0 Å². The number of piperidine rings is 2. The highest BCUT2D eigenvalue weighted by Crippen LogP contribution is 2.46. The van der Waals surface area contributed by atoms with Gasteiger partial charge in [0.1, 0.15) is 0 Å². The van der Waals surface area contributed by atoms with Crippen LogP contribution < -0.4 is 9.47 Å². The summed E-state index contributed by atoms with van der Waals surface area (Å²) in [5, 5.41) is 0. The highest BCUT2D eigenvalue weighted by Gasteiger charge is 2.44. The number of ether oxygens (including phenoxy) is 2. The fourth-order valence-corrected chi connectivity index (χ4v) is 5.35. The van der Waals surface area contributed by atoms with Crippen molar-refractivity contribution in [3.63, 3.8) is 0 Å². The van der Waals surface area contributed by atoms with Crippen LogP contribution in [0.3, 0.4) is 0 Å². The van der Waals surface area contributed by atoms with E-state index in [9.17, 15) is 4.79 Å². The molecule has 4 heterocycles. The minimum Gasteiger partial charge on any atom is -0.454 e. The zero-order valence-electron chi connectivity index (χ0n) is 14.9. The highest BCUT2D eigenvalue weighted by atomic mass is 16.7. The van der Waals surface area contributed by atoms with E-state index < -0.39 is 0 Å². The predicted molar refractivity (Wildman–Crippen MR) is 93.7 cm³/mol. The average Bonchev–Trinajstić information content (AvgIpc) is 3.11. The molecule has 4 aliphatic heterocycles. The number of carbonyl (C=O) groups is 1. The summed E-state index contributed by atoms with van der Waals surface area (Å²) >= 11 is 0. The molecule has 0 N–H and O–H groups in total. The van der Waals surface area contributed by atoms with Gasteiger partial charge in [-0.05, 0) is 54.9 Å². The first-order valence-corrected chi connectivity index (χ1v) is 9.70. The molecule has 0 aliphatic carbocycles. The number of carbonyl (C=O) groups excluding carboxylic acids is 1. The third-order valence-electron chi connectivity index (χ3n) is 6.58. The van der Waals surface area contributed by atoms with E-state index in [2.05, 4.69) is 21.9 Å². The molecular formula is C20H26N2O3. The molecule has 5 nitrogen and oxygen atoms in total. The van der Waals surface area contributed by atoms with Crippen molar-refractivity contribution < 1.29 is 14.3 Å². The summed E-state index contributed by atoms with van der Waals surface area (Å²) in [4.78, 5) is 17.3. The first-order valence-electron chi connectivity index (χ1n) is 9.70. The van der Waals surface area contributed by atoms with Crippen LogP contribution in [0.2, 0.25) is 0 Å². The van der Waals surface area contributed by atoms with Gasteiger partial charge in [0.15, 0.2) is 11.5 Å². The molecule has 134 valence electrons. The van der Waals surface area contributed by atoms with Crippen molar-refractivity contribution in [3.05, 3.63) is 23.3 Å². The van der Waals surface area contributed by atoms with Gasteiger partial charge in [0, 0.05) is 38.1 Å². The second-order valence-electron chi connectivity index (χ2n) is 7.81. The van der Waals surface area contributed by atoms with Gasteiger partial charge in [0.05, 0.1) is 0 Å². The summed E-state index contributed by atoms with van der Waals surface area (Å²) in [5.41, 5.74) is 2.79. The molecule has 3 atom stereocenters. The van der Waals surface area contributed by atoms with Crippen LogP contribution in [0.5, 0.6) is 11.5 Å². The Morgan fingerprint density at radius 1 is 1.24 bits per heavy atom. The van der Waals surface area contributed by atoms with Gasteiger partial charge in [0.2, 0.25) is 12.7 Å². The van der Waals surface area contributed by atoms with E-state index in [1.54, 1.807) is 0 Å². The Morgan fingerprint density at radius 3 is 2.92 bits per heavy atom. The molecule has 1 aromatic rings. The molecule has 4 aliphatic rings. The third kappa shape index (κ3) is 2.43. The Hall–Kier alpha value is -1.75. The van der Waals surface area contributed by atoms with E-state index in [0.717, 1.165) is 50.4 Å². The molecule has 2 saturated heterocycles. The van der Waals surface area contributed by atoms with E-state index in [0.29, 0.717) is 37.1 Å². The van der Waals surface area contributed by atoms with Crippen LogP contribution in [0, 0.1) is 5.92 Å². The van der Waals surface area contributed by atoms with Gasteiger partial charge in [-0.25, -0.2) is 0 Å². The van der Waals surface area contributed by atoms with Gasteiger partial charge in [-0.2, -0.15) is 0 Å². The van der Waals surface area contributed by atoms with E-state index >= 15 is 0 Å². The maximum absolute atomic E-state index is 12.5. The van der Waals surface area contributed by atoms with E-state index in [4.69, 9.17) is 9.47 Å². The maximum Gasteiger partial charge on any atom is 0.231 e. The lowest BCUT2D eigenvalue weighted by atomic mass is 9.76. The Morgan fingerprint density at radius 2 is 2.08 bits per heavy atom. The van der Waals surface area contributed by atoms with Crippen molar-refractivity contribution in [1.29, 1.82) is 0 Å². The summed E-state index contributed by atoms with van der Waals surface area (Å²) in [6.45, 7) is 5.49. The molecule has 0 spiro atoms. The molecular weight excluding hydrogens is 316 g/mol. The Labute approximate surface area is 148 Å². The topological polar surface area (TPSA) is 42.0 Å². The normalized spacial score (nSPS) is 30.4. The lowest BCUT2D eigenvalue weighted by molar-refractivity contribution is -0.139. The number of nitrogens with zero attached hydrogens (tertiary/aromatic N) is 2. The third-order valence-corrected chi connectivity index (χ3v) is 6.58. The summed E-state index contributed by atoms with van der Waals surface area (Å²) in [6, 6.07) is 5.18. The van der Waals surface area contributed by atoms with Gasteiger partial charge in [-0.3, -0.25) is 9.69 Å². The first-order chi connectivity index (χ1) is 12.2. The van der Waals surface area contributed by atoms with Crippen LogP contribution >= 0.6 is 0 Å². The van der Waals surface area contributed by atoms with E-state index in [-0.39, 0.29) is 0 Å². The standard InChI is InChI=1S/C20H26N2O3/c1-2-20(23)22-6-3-4-14-11-21-7-5-13-8-18-19(25-12-24-18)9-15(13)17(21)10-16(14)22/h8-9,14,16-17H,2-7,10-12H2,1H3. The fraction of sp³-hybridized carbons (Fsp3) is 0.650. The van der Waals surface area contributed by atoms with Crippen LogP contribution in [-0.2, 0) is 11.2 Å². The molecule has 2 fully saturated rings. The van der Waals surface area contributed by atoms with Gasteiger partial charge in [-0.15, -0.1) is 0 Å². The van der Waals surface area contributed by atoms with Gasteiger partial charge in [-0.1, -0.05) is 6.92 Å². The average molecular weight is 342 g/mol. The van der Waals surface area contributed by atoms with Gasteiger partial charge < -0.3 is 14.4 Å². The summed E-state index contributed by atoms with van der Waals surface area (Å²) in [5.74, 6) is 2.73. The quantitative estimate of drug-likeness (QED) is 0.787. The van der Waals surface area contributed by atoms with E-state index in [1.165, 1.54) is 17.5 Å². The molecule has 0 saturated carbocycles. The van der Waals surface area contributed by atoms with Crippen molar-refractivity contribution in [2.24, 2.45) is 5.92 Å².